The number of aliphatic imine (C=N–C) groups is 1. The maximum absolute atomic E-state index is 12.5. The summed E-state index contributed by atoms with van der Waals surface area (Å²) in [6.07, 6.45) is 1.52. The van der Waals surface area contributed by atoms with Crippen LogP contribution in [0, 0.1) is 11.8 Å². The Morgan fingerprint density at radius 1 is 1.06 bits per heavy atom. The Balaban J connectivity index is 0.00000385. The van der Waals surface area contributed by atoms with Gasteiger partial charge in [-0.25, -0.2) is 0 Å². The number of carbonyl (C=O) groups is 1. The number of nitrogens with zero attached hydrogens (tertiary/aromatic N) is 2. The molecule has 5 nitrogen and oxygen atoms in total. The van der Waals surface area contributed by atoms with Crippen molar-refractivity contribution in [1.29, 1.82) is 0 Å². The third kappa shape index (κ3) is 8.65. The lowest BCUT2D eigenvalue weighted by molar-refractivity contribution is -0.127. The van der Waals surface area contributed by atoms with Gasteiger partial charge in [0.25, 0.3) is 0 Å². The van der Waals surface area contributed by atoms with E-state index >= 15 is 0 Å². The molecule has 1 heterocycles. The van der Waals surface area contributed by atoms with Gasteiger partial charge in [0, 0.05) is 51.0 Å². The molecule has 2 aromatic rings. The van der Waals surface area contributed by atoms with Gasteiger partial charge >= 0.3 is 0 Å². The van der Waals surface area contributed by atoms with Crippen LogP contribution in [0.3, 0.4) is 0 Å². The van der Waals surface area contributed by atoms with Crippen LogP contribution in [0.1, 0.15) is 44.2 Å². The van der Waals surface area contributed by atoms with Gasteiger partial charge in [-0.2, -0.15) is 0 Å². The molecule has 2 aromatic carbocycles. The quantitative estimate of drug-likeness (QED) is 0.251. The zero-order chi connectivity index (χ0) is 22.8. The van der Waals surface area contributed by atoms with Crippen molar-refractivity contribution in [3.63, 3.8) is 0 Å². The second-order valence-electron chi connectivity index (χ2n) is 9.01. The maximum atomic E-state index is 12.5. The van der Waals surface area contributed by atoms with Crippen molar-refractivity contribution in [2.75, 3.05) is 32.7 Å². The predicted octanol–water partition coefficient (Wildman–Crippen LogP) is 4.69. The third-order valence-corrected chi connectivity index (χ3v) is 6.19. The lowest BCUT2D eigenvalue weighted by Crippen LogP contribution is -2.40. The number of rotatable bonds is 10. The van der Waals surface area contributed by atoms with Gasteiger partial charge in [0.2, 0.25) is 5.91 Å². The van der Waals surface area contributed by atoms with Crippen molar-refractivity contribution in [3.05, 3.63) is 71.8 Å². The van der Waals surface area contributed by atoms with Crippen LogP contribution < -0.4 is 10.6 Å². The second kappa shape index (κ2) is 14.2. The summed E-state index contributed by atoms with van der Waals surface area (Å²) < 4.78 is 0. The standard InChI is InChI=1S/C27H38N4O.HI/c1-4-28-27(30-19-25(21(2)3)24-13-9-6-10-14-24)29-18-23-17-26(32)31(20-23)16-15-22-11-7-5-8-12-22;/h5-14,21,23,25H,4,15-20H2,1-3H3,(H2,28,29,30);1H. The SMILES string of the molecule is CCNC(=NCC(c1ccccc1)C(C)C)NCC1CC(=O)N(CCc2ccccc2)C1.I. The summed E-state index contributed by atoms with van der Waals surface area (Å²) in [6.45, 7) is 10.5. The van der Waals surface area contributed by atoms with Crippen molar-refractivity contribution in [1.82, 2.24) is 15.5 Å². The fourth-order valence-electron chi connectivity index (χ4n) is 4.29. The van der Waals surface area contributed by atoms with E-state index in [-0.39, 0.29) is 29.9 Å². The average molecular weight is 563 g/mol. The van der Waals surface area contributed by atoms with E-state index in [0.717, 1.165) is 45.1 Å². The van der Waals surface area contributed by atoms with Crippen molar-refractivity contribution < 1.29 is 4.79 Å². The van der Waals surface area contributed by atoms with Crippen LogP contribution >= 0.6 is 24.0 Å². The summed E-state index contributed by atoms with van der Waals surface area (Å²) >= 11 is 0. The topological polar surface area (TPSA) is 56.7 Å². The van der Waals surface area contributed by atoms with E-state index in [9.17, 15) is 4.79 Å². The van der Waals surface area contributed by atoms with E-state index in [1.165, 1.54) is 11.1 Å². The van der Waals surface area contributed by atoms with Crippen LogP contribution in [0.25, 0.3) is 0 Å². The zero-order valence-electron chi connectivity index (χ0n) is 20.2. The van der Waals surface area contributed by atoms with Gasteiger partial charge in [-0.05, 0) is 30.4 Å². The van der Waals surface area contributed by atoms with Gasteiger partial charge < -0.3 is 15.5 Å². The predicted molar refractivity (Wildman–Crippen MR) is 148 cm³/mol. The van der Waals surface area contributed by atoms with Crippen molar-refractivity contribution in [2.45, 2.75) is 39.5 Å². The number of hydrogen-bond donors (Lipinski definition) is 2. The van der Waals surface area contributed by atoms with Crippen molar-refractivity contribution in [2.24, 2.45) is 16.8 Å². The van der Waals surface area contributed by atoms with Crippen LogP contribution in [0.15, 0.2) is 65.7 Å². The molecule has 6 heteroatoms. The zero-order valence-corrected chi connectivity index (χ0v) is 22.5. The van der Waals surface area contributed by atoms with Crippen molar-refractivity contribution in [3.8, 4) is 0 Å². The molecule has 2 N–H and O–H groups in total. The molecular formula is C27H39IN4O. The molecule has 0 radical (unpaired) electrons. The Hall–Kier alpha value is -2.09. The minimum absolute atomic E-state index is 0. The first-order valence-corrected chi connectivity index (χ1v) is 12.0. The molecule has 1 aliphatic rings. The van der Waals surface area contributed by atoms with Crippen molar-refractivity contribution >= 4 is 35.8 Å². The number of hydrogen-bond acceptors (Lipinski definition) is 2. The molecule has 0 aliphatic carbocycles. The van der Waals surface area contributed by atoms with E-state index in [1.54, 1.807) is 0 Å². The molecule has 180 valence electrons. The molecule has 0 saturated carbocycles. The summed E-state index contributed by atoms with van der Waals surface area (Å²) in [6, 6.07) is 21.0. The first kappa shape index (κ1) is 27.2. The Morgan fingerprint density at radius 2 is 1.73 bits per heavy atom. The lowest BCUT2D eigenvalue weighted by Gasteiger charge is -2.21. The smallest absolute Gasteiger partial charge is 0.223 e. The number of amides is 1. The number of likely N-dealkylation sites (tertiary alicyclic amines) is 1. The minimum Gasteiger partial charge on any atom is -0.357 e. The number of nitrogens with one attached hydrogen (secondary N) is 2. The minimum atomic E-state index is 0. The summed E-state index contributed by atoms with van der Waals surface area (Å²) in [5.74, 6) is 2.31. The molecule has 2 atom stereocenters. The normalized spacial score (nSPS) is 17.1. The molecule has 33 heavy (non-hydrogen) atoms. The lowest BCUT2D eigenvalue weighted by atomic mass is 9.88. The number of halogens is 1. The molecule has 1 aliphatic heterocycles. The molecule has 1 amide bonds. The Labute approximate surface area is 216 Å². The van der Waals surface area contributed by atoms with Crippen LogP contribution in [0.2, 0.25) is 0 Å². The van der Waals surface area contributed by atoms with Crippen LogP contribution in [-0.4, -0.2) is 49.5 Å². The number of benzene rings is 2. The summed E-state index contributed by atoms with van der Waals surface area (Å²) in [5, 5.41) is 6.85. The Kier molecular flexibility index (Phi) is 11.7. The monoisotopic (exact) mass is 562 g/mol. The van der Waals surface area contributed by atoms with E-state index in [2.05, 4.69) is 86.0 Å². The molecule has 0 aromatic heterocycles. The van der Waals surface area contributed by atoms with Gasteiger partial charge in [0.1, 0.15) is 0 Å². The molecule has 2 unspecified atom stereocenters. The second-order valence-corrected chi connectivity index (χ2v) is 9.01. The summed E-state index contributed by atoms with van der Waals surface area (Å²) in [4.78, 5) is 19.4. The molecule has 0 bridgehead atoms. The molecule has 1 fully saturated rings. The highest BCUT2D eigenvalue weighted by Gasteiger charge is 2.29. The van der Waals surface area contributed by atoms with Gasteiger partial charge in [-0.1, -0.05) is 74.5 Å². The number of carbonyl (C=O) groups excluding carboxylic acids is 1. The Morgan fingerprint density at radius 3 is 2.36 bits per heavy atom. The fourth-order valence-corrected chi connectivity index (χ4v) is 4.29. The van der Waals surface area contributed by atoms with Crippen LogP contribution in [-0.2, 0) is 11.2 Å². The van der Waals surface area contributed by atoms with Gasteiger partial charge in [0.05, 0.1) is 0 Å². The highest BCUT2D eigenvalue weighted by atomic mass is 127. The first-order valence-electron chi connectivity index (χ1n) is 12.0. The molecule has 3 rings (SSSR count). The van der Waals surface area contributed by atoms with Gasteiger partial charge in [0.15, 0.2) is 5.96 Å². The van der Waals surface area contributed by atoms with Gasteiger partial charge in [-0.15, -0.1) is 24.0 Å². The third-order valence-electron chi connectivity index (χ3n) is 6.19. The molecule has 1 saturated heterocycles. The molecular weight excluding hydrogens is 523 g/mol. The van der Waals surface area contributed by atoms with E-state index in [4.69, 9.17) is 4.99 Å². The van der Waals surface area contributed by atoms with E-state index in [1.807, 2.05) is 11.0 Å². The number of guanidine groups is 1. The molecule has 0 spiro atoms. The van der Waals surface area contributed by atoms with Gasteiger partial charge in [-0.3, -0.25) is 9.79 Å². The average Bonchev–Trinajstić information content (AvgIpc) is 3.16. The van der Waals surface area contributed by atoms with Crippen LogP contribution in [0.5, 0.6) is 0 Å². The summed E-state index contributed by atoms with van der Waals surface area (Å²) in [7, 11) is 0. The highest BCUT2D eigenvalue weighted by Crippen LogP contribution is 2.24. The van der Waals surface area contributed by atoms with E-state index in [0.29, 0.717) is 24.2 Å². The van der Waals surface area contributed by atoms with E-state index < -0.39 is 0 Å². The van der Waals surface area contributed by atoms with Crippen LogP contribution in [0.4, 0.5) is 0 Å². The maximum Gasteiger partial charge on any atom is 0.223 e. The fraction of sp³-hybridized carbons (Fsp3) is 0.481. The summed E-state index contributed by atoms with van der Waals surface area (Å²) in [5.41, 5.74) is 2.61. The first-order chi connectivity index (χ1) is 15.6. The Bertz CT molecular complexity index is 857. The largest absolute Gasteiger partial charge is 0.357 e. The highest BCUT2D eigenvalue weighted by molar-refractivity contribution is 14.0.